The Hall–Kier alpha value is -4.55. The molecule has 0 spiro atoms. The molecular weight excluding hydrogens is 695 g/mol. The molecule has 0 radical (unpaired) electrons. The zero-order valence-corrected chi connectivity index (χ0v) is 25.0. The Balaban J connectivity index is 1.43. The number of nitrogens with zero attached hydrogens (tertiary/aromatic N) is 1. The third-order valence-electron chi connectivity index (χ3n) is 5.66. The number of carbonyl (C=O) groups is 3. The molecule has 2 N–H and O–H groups in total. The van der Waals surface area contributed by atoms with Gasteiger partial charge < -0.3 is 10.1 Å². The van der Waals surface area contributed by atoms with Crippen LogP contribution >= 0.6 is 31.9 Å². The standard InChI is InChI=1S/C31H20Br2F3N3O4/c32-24-15-22(28(26(33)17-24)43-27(40)13-12-19-6-2-1-3-7-19)18-37-39-30(42)21-9-5-11-25(16-21)38-29(41)20-8-4-10-23(14-20)31(34,35)36/h1-18H,(H,38,41)(H,39,42)/b13-12+,37-18?. The number of hydrogen-bond acceptors (Lipinski definition) is 5. The number of halogens is 5. The van der Waals surface area contributed by atoms with Gasteiger partial charge in [-0.1, -0.05) is 58.4 Å². The average Bonchev–Trinajstić information content (AvgIpc) is 2.98. The van der Waals surface area contributed by atoms with E-state index in [9.17, 15) is 27.6 Å². The van der Waals surface area contributed by atoms with Gasteiger partial charge in [0.05, 0.1) is 16.3 Å². The van der Waals surface area contributed by atoms with Crippen molar-refractivity contribution in [3.05, 3.63) is 134 Å². The fourth-order valence-electron chi connectivity index (χ4n) is 3.65. The van der Waals surface area contributed by atoms with E-state index in [0.29, 0.717) is 14.5 Å². The van der Waals surface area contributed by atoms with Crippen LogP contribution in [0.1, 0.15) is 37.4 Å². The molecule has 43 heavy (non-hydrogen) atoms. The number of hydrogen-bond donors (Lipinski definition) is 2. The molecule has 4 rings (SSSR count). The lowest BCUT2D eigenvalue weighted by atomic mass is 10.1. The van der Waals surface area contributed by atoms with Crippen molar-refractivity contribution in [3.63, 3.8) is 0 Å². The molecule has 0 atom stereocenters. The SMILES string of the molecule is O=C(/C=C/c1ccccc1)Oc1c(Br)cc(Br)cc1C=NNC(=O)c1cccc(NC(=O)c2cccc(C(F)(F)F)c2)c1. The zero-order chi connectivity index (χ0) is 31.0. The Morgan fingerprint density at radius 2 is 1.51 bits per heavy atom. The third-order valence-corrected chi connectivity index (χ3v) is 6.70. The summed E-state index contributed by atoms with van der Waals surface area (Å²) in [5, 5.41) is 6.45. The van der Waals surface area contributed by atoms with E-state index < -0.39 is 29.5 Å². The highest BCUT2D eigenvalue weighted by Crippen LogP contribution is 2.32. The Kier molecular flexibility index (Phi) is 10.3. The summed E-state index contributed by atoms with van der Waals surface area (Å²) in [5.41, 5.74) is 2.70. The Bertz CT molecular complexity index is 1730. The lowest BCUT2D eigenvalue weighted by Gasteiger charge is -2.10. The summed E-state index contributed by atoms with van der Waals surface area (Å²) >= 11 is 6.73. The number of hydrazone groups is 1. The minimum absolute atomic E-state index is 0.118. The van der Waals surface area contributed by atoms with E-state index in [-0.39, 0.29) is 22.6 Å². The van der Waals surface area contributed by atoms with Crippen molar-refractivity contribution in [1.82, 2.24) is 5.43 Å². The molecule has 0 saturated carbocycles. The highest BCUT2D eigenvalue weighted by Gasteiger charge is 2.31. The van der Waals surface area contributed by atoms with Crippen LogP contribution in [0.4, 0.5) is 18.9 Å². The van der Waals surface area contributed by atoms with Crippen molar-refractivity contribution >= 4 is 67.6 Å². The quantitative estimate of drug-likeness (QED) is 0.0639. The number of nitrogens with one attached hydrogen (secondary N) is 2. The highest BCUT2D eigenvalue weighted by atomic mass is 79.9. The van der Waals surface area contributed by atoms with Crippen molar-refractivity contribution in [2.45, 2.75) is 6.18 Å². The number of benzene rings is 4. The van der Waals surface area contributed by atoms with Crippen LogP contribution in [0.3, 0.4) is 0 Å². The molecule has 2 amide bonds. The second-order valence-corrected chi connectivity index (χ2v) is 10.6. The maximum absolute atomic E-state index is 13.0. The monoisotopic (exact) mass is 713 g/mol. The van der Waals surface area contributed by atoms with Gasteiger partial charge in [-0.15, -0.1) is 0 Å². The van der Waals surface area contributed by atoms with Gasteiger partial charge >= 0.3 is 12.1 Å². The van der Waals surface area contributed by atoms with Crippen LogP contribution < -0.4 is 15.5 Å². The van der Waals surface area contributed by atoms with Crippen LogP contribution in [0.5, 0.6) is 5.75 Å². The van der Waals surface area contributed by atoms with E-state index in [4.69, 9.17) is 4.74 Å². The van der Waals surface area contributed by atoms with E-state index in [2.05, 4.69) is 47.7 Å². The molecule has 12 heteroatoms. The molecule has 0 bridgehead atoms. The van der Waals surface area contributed by atoms with Crippen LogP contribution in [0, 0.1) is 0 Å². The average molecular weight is 715 g/mol. The van der Waals surface area contributed by atoms with Gasteiger partial charge in [-0.25, -0.2) is 10.2 Å². The van der Waals surface area contributed by atoms with Crippen LogP contribution in [0.25, 0.3) is 6.08 Å². The topological polar surface area (TPSA) is 96.9 Å². The number of carbonyl (C=O) groups excluding carboxylic acids is 3. The summed E-state index contributed by atoms with van der Waals surface area (Å²) in [5.74, 6) is -1.87. The predicted octanol–water partition coefficient (Wildman–Crippen LogP) is 7.87. The molecule has 0 aliphatic heterocycles. The van der Waals surface area contributed by atoms with Crippen molar-refractivity contribution in [2.24, 2.45) is 5.10 Å². The summed E-state index contributed by atoms with van der Waals surface area (Å²) in [4.78, 5) is 37.7. The van der Waals surface area contributed by atoms with Crippen LogP contribution in [-0.4, -0.2) is 24.0 Å². The van der Waals surface area contributed by atoms with Crippen molar-refractivity contribution in [3.8, 4) is 5.75 Å². The third kappa shape index (κ3) is 8.97. The fraction of sp³-hybridized carbons (Fsp3) is 0.0323. The first-order valence-electron chi connectivity index (χ1n) is 12.4. The lowest BCUT2D eigenvalue weighted by Crippen LogP contribution is -2.18. The summed E-state index contributed by atoms with van der Waals surface area (Å²) in [6.45, 7) is 0. The van der Waals surface area contributed by atoms with Gasteiger partial charge in [-0.05, 0) is 76.1 Å². The zero-order valence-electron chi connectivity index (χ0n) is 21.9. The minimum Gasteiger partial charge on any atom is -0.421 e. The second kappa shape index (κ2) is 14.1. The number of alkyl halides is 3. The number of anilines is 1. The molecule has 0 aliphatic carbocycles. The molecule has 7 nitrogen and oxygen atoms in total. The molecular formula is C31H20Br2F3N3O4. The van der Waals surface area contributed by atoms with Crippen LogP contribution in [0.2, 0.25) is 0 Å². The highest BCUT2D eigenvalue weighted by molar-refractivity contribution is 9.11. The van der Waals surface area contributed by atoms with Gasteiger partial charge in [-0.2, -0.15) is 18.3 Å². The van der Waals surface area contributed by atoms with E-state index in [1.54, 1.807) is 18.2 Å². The summed E-state index contributed by atoms with van der Waals surface area (Å²) in [6, 6.07) is 22.3. The molecule has 4 aromatic carbocycles. The van der Waals surface area contributed by atoms with E-state index in [1.807, 2.05) is 30.3 Å². The number of ether oxygens (including phenoxy) is 1. The Morgan fingerprint density at radius 3 is 2.23 bits per heavy atom. The normalized spacial score (nSPS) is 11.5. The van der Waals surface area contributed by atoms with Crippen LogP contribution in [-0.2, 0) is 11.0 Å². The molecule has 218 valence electrons. The van der Waals surface area contributed by atoms with Gasteiger partial charge in [0.2, 0.25) is 0 Å². The van der Waals surface area contributed by atoms with Gasteiger partial charge in [0.25, 0.3) is 11.8 Å². The smallest absolute Gasteiger partial charge is 0.416 e. The maximum atomic E-state index is 13.0. The Labute approximate surface area is 260 Å². The first kappa shape index (κ1) is 31.4. The van der Waals surface area contributed by atoms with Gasteiger partial charge in [0, 0.05) is 32.9 Å². The Morgan fingerprint density at radius 1 is 0.814 bits per heavy atom. The molecule has 0 saturated heterocycles. The minimum atomic E-state index is -4.59. The second-order valence-electron chi connectivity index (χ2n) is 8.78. The molecule has 0 aromatic heterocycles. The largest absolute Gasteiger partial charge is 0.421 e. The number of esters is 1. The summed E-state index contributed by atoms with van der Waals surface area (Å²) in [6.07, 6.45) is -0.413. The first-order chi connectivity index (χ1) is 20.5. The predicted molar refractivity (Wildman–Crippen MR) is 164 cm³/mol. The van der Waals surface area contributed by atoms with Crippen molar-refractivity contribution < 1.29 is 32.3 Å². The number of rotatable bonds is 8. The van der Waals surface area contributed by atoms with Crippen LogP contribution in [0.15, 0.2) is 111 Å². The van der Waals surface area contributed by atoms with E-state index in [0.717, 1.165) is 23.8 Å². The molecule has 4 aromatic rings. The fourth-order valence-corrected chi connectivity index (χ4v) is 4.99. The van der Waals surface area contributed by atoms with Gasteiger partial charge in [0.15, 0.2) is 5.75 Å². The molecule has 0 unspecified atom stereocenters. The molecule has 0 fully saturated rings. The van der Waals surface area contributed by atoms with E-state index in [1.165, 1.54) is 42.6 Å². The lowest BCUT2D eigenvalue weighted by molar-refractivity contribution is -0.137. The maximum Gasteiger partial charge on any atom is 0.416 e. The summed E-state index contributed by atoms with van der Waals surface area (Å²) in [7, 11) is 0. The molecule has 0 heterocycles. The van der Waals surface area contributed by atoms with Gasteiger partial charge in [0.1, 0.15) is 0 Å². The van der Waals surface area contributed by atoms with Gasteiger partial charge in [-0.3, -0.25) is 9.59 Å². The van der Waals surface area contributed by atoms with E-state index >= 15 is 0 Å². The molecule has 0 aliphatic rings. The summed E-state index contributed by atoms with van der Waals surface area (Å²) < 4.78 is 45.6. The first-order valence-corrected chi connectivity index (χ1v) is 13.9. The van der Waals surface area contributed by atoms with Crippen molar-refractivity contribution in [2.75, 3.05) is 5.32 Å². The number of amides is 2. The van der Waals surface area contributed by atoms with Crippen molar-refractivity contribution in [1.29, 1.82) is 0 Å².